The second-order valence-electron chi connectivity index (χ2n) is 6.29. The van der Waals surface area contributed by atoms with Crippen molar-refractivity contribution in [2.75, 3.05) is 6.54 Å². The first-order valence-corrected chi connectivity index (χ1v) is 8.45. The van der Waals surface area contributed by atoms with Crippen molar-refractivity contribution in [3.63, 3.8) is 0 Å². The van der Waals surface area contributed by atoms with Crippen molar-refractivity contribution < 1.29 is 9.59 Å². The van der Waals surface area contributed by atoms with Gasteiger partial charge in [0.15, 0.2) is 0 Å². The molecular weight excluding hydrogens is 290 g/mol. The fraction of sp³-hybridized carbons (Fsp3) is 0.500. The number of hydrogen-bond donors (Lipinski definition) is 2. The lowest BCUT2D eigenvalue weighted by Gasteiger charge is -2.13. The van der Waals surface area contributed by atoms with Crippen LogP contribution in [0.3, 0.4) is 0 Å². The summed E-state index contributed by atoms with van der Waals surface area (Å²) in [7, 11) is 0. The molecule has 0 aliphatic heterocycles. The van der Waals surface area contributed by atoms with Gasteiger partial charge in [-0.3, -0.25) is 14.6 Å². The summed E-state index contributed by atoms with van der Waals surface area (Å²) in [4.78, 5) is 28.2. The second kappa shape index (κ2) is 7.40. The molecule has 2 aliphatic carbocycles. The van der Waals surface area contributed by atoms with Crippen LogP contribution in [0.5, 0.6) is 0 Å². The van der Waals surface area contributed by atoms with Crippen LogP contribution in [0.4, 0.5) is 0 Å². The molecule has 0 radical (unpaired) electrons. The number of amides is 2. The molecule has 1 fully saturated rings. The van der Waals surface area contributed by atoms with E-state index >= 15 is 0 Å². The zero-order chi connectivity index (χ0) is 16.1. The van der Waals surface area contributed by atoms with E-state index in [1.807, 2.05) is 0 Å². The van der Waals surface area contributed by atoms with Crippen molar-refractivity contribution in [1.82, 2.24) is 15.6 Å². The number of pyridine rings is 1. The number of nitrogens with one attached hydrogen (secondary N) is 2. The summed E-state index contributed by atoms with van der Waals surface area (Å²) < 4.78 is 0. The maximum absolute atomic E-state index is 12.2. The lowest BCUT2D eigenvalue weighted by molar-refractivity contribution is 0.0946. The summed E-state index contributed by atoms with van der Waals surface area (Å²) in [5, 5.41) is 5.81. The van der Waals surface area contributed by atoms with E-state index in [4.69, 9.17) is 0 Å². The van der Waals surface area contributed by atoms with E-state index in [2.05, 4.69) is 21.7 Å². The molecule has 0 aromatic carbocycles. The van der Waals surface area contributed by atoms with Gasteiger partial charge in [-0.1, -0.05) is 11.6 Å². The Morgan fingerprint density at radius 2 is 2.09 bits per heavy atom. The summed E-state index contributed by atoms with van der Waals surface area (Å²) in [6.45, 7) is 0.636. The highest BCUT2D eigenvalue weighted by atomic mass is 16.2. The molecule has 0 saturated heterocycles. The highest BCUT2D eigenvalue weighted by molar-refractivity contribution is 5.98. The van der Waals surface area contributed by atoms with Crippen molar-refractivity contribution in [3.8, 4) is 0 Å². The van der Waals surface area contributed by atoms with Crippen molar-refractivity contribution in [2.45, 2.75) is 51.0 Å². The number of rotatable bonds is 6. The van der Waals surface area contributed by atoms with Crippen molar-refractivity contribution in [3.05, 3.63) is 41.2 Å². The molecular formula is C18H23N3O2. The highest BCUT2D eigenvalue weighted by Crippen LogP contribution is 2.20. The first kappa shape index (κ1) is 15.7. The molecule has 23 heavy (non-hydrogen) atoms. The molecule has 5 heteroatoms. The van der Waals surface area contributed by atoms with Crippen molar-refractivity contribution >= 4 is 11.8 Å². The Balaban J connectivity index is 1.52. The van der Waals surface area contributed by atoms with E-state index < -0.39 is 0 Å². The van der Waals surface area contributed by atoms with Gasteiger partial charge in [0.1, 0.15) is 5.69 Å². The van der Waals surface area contributed by atoms with Crippen LogP contribution in [0.2, 0.25) is 0 Å². The molecule has 1 heterocycles. The maximum Gasteiger partial charge on any atom is 0.270 e. The number of hydrogen-bond acceptors (Lipinski definition) is 3. The minimum absolute atomic E-state index is 0.149. The van der Waals surface area contributed by atoms with E-state index in [1.165, 1.54) is 24.6 Å². The minimum atomic E-state index is -0.200. The van der Waals surface area contributed by atoms with Gasteiger partial charge in [0.05, 0.1) is 0 Å². The van der Waals surface area contributed by atoms with Crippen molar-refractivity contribution in [2.24, 2.45) is 0 Å². The summed E-state index contributed by atoms with van der Waals surface area (Å²) >= 11 is 0. The zero-order valence-corrected chi connectivity index (χ0v) is 13.3. The first-order valence-electron chi connectivity index (χ1n) is 8.45. The molecule has 0 spiro atoms. The molecule has 5 nitrogen and oxygen atoms in total. The lowest BCUT2D eigenvalue weighted by atomic mass is 9.97. The van der Waals surface area contributed by atoms with Gasteiger partial charge in [0.25, 0.3) is 11.8 Å². The Kier molecular flexibility index (Phi) is 5.05. The van der Waals surface area contributed by atoms with Gasteiger partial charge < -0.3 is 10.6 Å². The van der Waals surface area contributed by atoms with Gasteiger partial charge in [0.2, 0.25) is 0 Å². The molecule has 2 N–H and O–H groups in total. The fourth-order valence-electron chi connectivity index (χ4n) is 2.75. The van der Waals surface area contributed by atoms with E-state index in [9.17, 15) is 9.59 Å². The van der Waals surface area contributed by atoms with Gasteiger partial charge in [-0.05, 0) is 57.1 Å². The zero-order valence-electron chi connectivity index (χ0n) is 13.3. The van der Waals surface area contributed by atoms with Gasteiger partial charge >= 0.3 is 0 Å². The average Bonchev–Trinajstić information content (AvgIpc) is 3.40. The topological polar surface area (TPSA) is 71.1 Å². The molecule has 3 rings (SSSR count). The van der Waals surface area contributed by atoms with Crippen LogP contribution in [0.1, 0.15) is 65.8 Å². The van der Waals surface area contributed by atoms with E-state index in [0.717, 1.165) is 32.1 Å². The smallest absolute Gasteiger partial charge is 0.270 e. The Bertz CT molecular complexity index is 620. The van der Waals surface area contributed by atoms with Crippen LogP contribution in [-0.2, 0) is 0 Å². The molecule has 0 unspecified atom stereocenters. The molecule has 122 valence electrons. The Hall–Kier alpha value is -2.17. The molecule has 0 bridgehead atoms. The Morgan fingerprint density at radius 1 is 1.22 bits per heavy atom. The van der Waals surface area contributed by atoms with Crippen LogP contribution < -0.4 is 10.6 Å². The standard InChI is InChI=1S/C18H23N3O2/c22-17(20-10-8-13-4-2-1-3-5-13)14-9-11-19-16(12-14)18(23)21-15-6-7-15/h4,9,11-12,15H,1-3,5-8,10H2,(H,20,22)(H,21,23). The SMILES string of the molecule is O=C(NCCC1=CCCCC1)c1ccnc(C(=O)NC2CC2)c1. The van der Waals surface area contributed by atoms with Gasteiger partial charge in [-0.25, -0.2) is 0 Å². The normalized spacial score (nSPS) is 17.3. The van der Waals surface area contributed by atoms with Crippen LogP contribution >= 0.6 is 0 Å². The molecule has 2 amide bonds. The quantitative estimate of drug-likeness (QED) is 0.793. The largest absolute Gasteiger partial charge is 0.352 e. The molecule has 1 aromatic rings. The van der Waals surface area contributed by atoms with E-state index in [0.29, 0.717) is 17.8 Å². The third kappa shape index (κ3) is 4.65. The summed E-state index contributed by atoms with van der Waals surface area (Å²) in [5.41, 5.74) is 2.23. The highest BCUT2D eigenvalue weighted by Gasteiger charge is 2.24. The predicted octanol–water partition coefficient (Wildman–Crippen LogP) is 2.59. The van der Waals surface area contributed by atoms with Gasteiger partial charge in [0, 0.05) is 24.3 Å². The second-order valence-corrected chi connectivity index (χ2v) is 6.29. The van der Waals surface area contributed by atoms with Crippen LogP contribution in [-0.4, -0.2) is 29.4 Å². The molecule has 1 saturated carbocycles. The van der Waals surface area contributed by atoms with E-state index in [-0.39, 0.29) is 17.9 Å². The Labute approximate surface area is 136 Å². The average molecular weight is 313 g/mol. The number of carbonyl (C=O) groups excluding carboxylic acids is 2. The minimum Gasteiger partial charge on any atom is -0.352 e. The molecule has 2 aliphatic rings. The monoisotopic (exact) mass is 313 g/mol. The van der Waals surface area contributed by atoms with Crippen molar-refractivity contribution in [1.29, 1.82) is 0 Å². The summed E-state index contributed by atoms with van der Waals surface area (Å²) in [6.07, 6.45) is 11.6. The van der Waals surface area contributed by atoms with Crippen LogP contribution in [0, 0.1) is 0 Å². The summed E-state index contributed by atoms with van der Waals surface area (Å²) in [5.74, 6) is -0.348. The number of aromatic nitrogens is 1. The van der Waals surface area contributed by atoms with E-state index in [1.54, 1.807) is 12.1 Å². The molecule has 1 aromatic heterocycles. The molecule has 0 atom stereocenters. The van der Waals surface area contributed by atoms with Crippen LogP contribution in [0.15, 0.2) is 30.0 Å². The number of carbonyl (C=O) groups is 2. The van der Waals surface area contributed by atoms with Crippen LogP contribution in [0.25, 0.3) is 0 Å². The first-order chi connectivity index (χ1) is 11.2. The third-order valence-electron chi connectivity index (χ3n) is 4.28. The summed E-state index contributed by atoms with van der Waals surface area (Å²) in [6, 6.07) is 3.49. The third-order valence-corrected chi connectivity index (χ3v) is 4.28. The van der Waals surface area contributed by atoms with Gasteiger partial charge in [-0.15, -0.1) is 0 Å². The van der Waals surface area contributed by atoms with Gasteiger partial charge in [-0.2, -0.15) is 0 Å². The Morgan fingerprint density at radius 3 is 2.83 bits per heavy atom. The predicted molar refractivity (Wildman–Crippen MR) is 88.2 cm³/mol. The maximum atomic E-state index is 12.2. The number of allylic oxidation sites excluding steroid dienone is 1. The number of nitrogens with zero attached hydrogens (tertiary/aromatic N) is 1. The fourth-order valence-corrected chi connectivity index (χ4v) is 2.75. The lowest BCUT2D eigenvalue weighted by Crippen LogP contribution is -2.28.